The third-order valence-corrected chi connectivity index (χ3v) is 7.24. The molecule has 0 amide bonds. The smallest absolute Gasteiger partial charge is 0.330 e. The molecule has 11 heteroatoms. The standard InChI is InChI=1S/C17H20N2O8S/c1-10-3-5-11(6-4-10)28(25,26)17(9-20)14(23)13(22)16(2,27-17)19-8-7-12(21)18-15(19)24/h3-8,13-14,20,22-23H,9H2,1-2H3,(H,18,21,24)/t13-,14+,16-,17+/m1/s1. The first-order chi connectivity index (χ1) is 13.0. The molecule has 2 heterocycles. The molecule has 10 nitrogen and oxygen atoms in total. The SMILES string of the molecule is Cc1ccc(S(=O)(=O)[C@]2(CO)O[C@@](C)(n3ccc(=O)[nH]c3=O)[C@H](O)[C@@H]2O)cc1. The fourth-order valence-electron chi connectivity index (χ4n) is 3.30. The van der Waals surface area contributed by atoms with Crippen LogP contribution in [0, 0.1) is 6.92 Å². The van der Waals surface area contributed by atoms with Gasteiger partial charge in [0.15, 0.2) is 5.72 Å². The maximum atomic E-state index is 13.2. The number of H-pyrrole nitrogens is 1. The van der Waals surface area contributed by atoms with Gasteiger partial charge in [-0.2, -0.15) is 0 Å². The molecule has 1 saturated heterocycles. The van der Waals surface area contributed by atoms with Crippen LogP contribution in [0.4, 0.5) is 0 Å². The third kappa shape index (κ3) is 2.74. The van der Waals surface area contributed by atoms with Gasteiger partial charge in [0.25, 0.3) is 5.56 Å². The maximum Gasteiger partial charge on any atom is 0.330 e. The van der Waals surface area contributed by atoms with Crippen molar-refractivity contribution in [2.45, 2.75) is 41.6 Å². The number of nitrogens with one attached hydrogen (secondary N) is 1. The molecular weight excluding hydrogens is 392 g/mol. The van der Waals surface area contributed by atoms with E-state index in [0.717, 1.165) is 22.4 Å². The normalized spacial score (nSPS) is 30.5. The molecule has 4 N–H and O–H groups in total. The summed E-state index contributed by atoms with van der Waals surface area (Å²) in [5, 5.41) is 31.1. The van der Waals surface area contributed by atoms with E-state index in [2.05, 4.69) is 0 Å². The summed E-state index contributed by atoms with van der Waals surface area (Å²) in [7, 11) is -4.52. The van der Waals surface area contributed by atoms with Crippen molar-refractivity contribution in [2.75, 3.05) is 6.61 Å². The molecule has 4 atom stereocenters. The largest absolute Gasteiger partial charge is 0.392 e. The average Bonchev–Trinajstić information content (AvgIpc) is 2.84. The van der Waals surface area contributed by atoms with E-state index < -0.39 is 50.6 Å². The molecule has 28 heavy (non-hydrogen) atoms. The van der Waals surface area contributed by atoms with E-state index in [4.69, 9.17) is 4.74 Å². The van der Waals surface area contributed by atoms with Gasteiger partial charge in [0, 0.05) is 12.3 Å². The lowest BCUT2D eigenvalue weighted by molar-refractivity contribution is -0.150. The highest BCUT2D eigenvalue weighted by atomic mass is 32.2. The highest BCUT2D eigenvalue weighted by Gasteiger charge is 2.67. The summed E-state index contributed by atoms with van der Waals surface area (Å²) in [6, 6.07) is 6.60. The minimum Gasteiger partial charge on any atom is -0.392 e. The van der Waals surface area contributed by atoms with Gasteiger partial charge in [0.05, 0.1) is 11.5 Å². The summed E-state index contributed by atoms with van der Waals surface area (Å²) in [6.45, 7) is 1.74. The summed E-state index contributed by atoms with van der Waals surface area (Å²) >= 11 is 0. The van der Waals surface area contributed by atoms with Crippen molar-refractivity contribution >= 4 is 9.84 Å². The Morgan fingerprint density at radius 1 is 1.14 bits per heavy atom. The molecule has 0 aliphatic carbocycles. The fourth-order valence-corrected chi connectivity index (χ4v) is 5.09. The molecule has 1 aliphatic rings. The van der Waals surface area contributed by atoms with Gasteiger partial charge in [-0.05, 0) is 26.0 Å². The summed E-state index contributed by atoms with van der Waals surface area (Å²) < 4.78 is 32.7. The number of aromatic amines is 1. The molecule has 0 saturated carbocycles. The number of benzene rings is 1. The predicted molar refractivity (Wildman–Crippen MR) is 96.3 cm³/mol. The zero-order chi connectivity index (χ0) is 20.9. The van der Waals surface area contributed by atoms with Crippen molar-refractivity contribution in [3.8, 4) is 0 Å². The number of ether oxygens (including phenoxy) is 1. The molecule has 2 aromatic rings. The molecule has 0 radical (unpaired) electrons. The highest BCUT2D eigenvalue weighted by molar-refractivity contribution is 7.92. The molecule has 152 valence electrons. The van der Waals surface area contributed by atoms with E-state index in [-0.39, 0.29) is 4.90 Å². The summed E-state index contributed by atoms with van der Waals surface area (Å²) in [5.41, 5.74) is -2.99. The van der Waals surface area contributed by atoms with Gasteiger partial charge in [0.1, 0.15) is 12.2 Å². The van der Waals surface area contributed by atoms with Crippen LogP contribution in [0.2, 0.25) is 0 Å². The number of nitrogens with zero attached hydrogens (tertiary/aromatic N) is 1. The molecule has 0 spiro atoms. The number of aliphatic hydroxyl groups is 3. The number of aromatic nitrogens is 2. The lowest BCUT2D eigenvalue weighted by Gasteiger charge is -2.32. The summed E-state index contributed by atoms with van der Waals surface area (Å²) in [5.74, 6) is 0. The fraction of sp³-hybridized carbons (Fsp3) is 0.412. The van der Waals surface area contributed by atoms with Crippen molar-refractivity contribution in [1.29, 1.82) is 0 Å². The number of hydrogen-bond donors (Lipinski definition) is 4. The van der Waals surface area contributed by atoms with E-state index in [0.29, 0.717) is 0 Å². The van der Waals surface area contributed by atoms with Gasteiger partial charge < -0.3 is 20.1 Å². The van der Waals surface area contributed by atoms with Gasteiger partial charge in [-0.15, -0.1) is 0 Å². The van der Waals surface area contributed by atoms with Crippen LogP contribution in [0.25, 0.3) is 0 Å². The average molecular weight is 412 g/mol. The Bertz CT molecular complexity index is 1110. The van der Waals surface area contributed by atoms with E-state index in [9.17, 15) is 33.3 Å². The second-order valence-electron chi connectivity index (χ2n) is 6.81. The Morgan fingerprint density at radius 2 is 1.75 bits per heavy atom. The zero-order valence-electron chi connectivity index (χ0n) is 15.1. The van der Waals surface area contributed by atoms with Crippen LogP contribution in [0.5, 0.6) is 0 Å². The van der Waals surface area contributed by atoms with E-state index >= 15 is 0 Å². The molecule has 0 bridgehead atoms. The Morgan fingerprint density at radius 3 is 2.29 bits per heavy atom. The van der Waals surface area contributed by atoms with Crippen LogP contribution in [-0.4, -0.2) is 57.0 Å². The molecule has 1 aromatic carbocycles. The highest BCUT2D eigenvalue weighted by Crippen LogP contribution is 2.46. The lowest BCUT2D eigenvalue weighted by atomic mass is 10.0. The predicted octanol–water partition coefficient (Wildman–Crippen LogP) is -1.57. The lowest BCUT2D eigenvalue weighted by Crippen LogP contribution is -2.52. The van der Waals surface area contributed by atoms with Crippen LogP contribution < -0.4 is 11.2 Å². The van der Waals surface area contributed by atoms with Crippen LogP contribution in [0.1, 0.15) is 12.5 Å². The number of rotatable bonds is 4. The van der Waals surface area contributed by atoms with Crippen LogP contribution in [-0.2, 0) is 20.3 Å². The molecule has 3 rings (SSSR count). The Kier molecular flexibility index (Phi) is 4.84. The van der Waals surface area contributed by atoms with E-state index in [1.165, 1.54) is 31.2 Å². The minimum absolute atomic E-state index is 0.239. The Labute approximate surface area is 159 Å². The van der Waals surface area contributed by atoms with Crippen molar-refractivity contribution < 1.29 is 28.5 Å². The van der Waals surface area contributed by atoms with E-state index in [1.54, 1.807) is 6.92 Å². The molecule has 1 fully saturated rings. The van der Waals surface area contributed by atoms with Gasteiger partial charge >= 0.3 is 5.69 Å². The van der Waals surface area contributed by atoms with Gasteiger partial charge in [0.2, 0.25) is 14.8 Å². The first-order valence-electron chi connectivity index (χ1n) is 8.30. The molecule has 1 aromatic heterocycles. The minimum atomic E-state index is -4.52. The van der Waals surface area contributed by atoms with Crippen LogP contribution >= 0.6 is 0 Å². The third-order valence-electron chi connectivity index (χ3n) is 4.99. The van der Waals surface area contributed by atoms with Crippen LogP contribution in [0.3, 0.4) is 0 Å². The first-order valence-corrected chi connectivity index (χ1v) is 9.79. The summed E-state index contributed by atoms with van der Waals surface area (Å²) in [4.78, 5) is 22.6. The second kappa shape index (κ2) is 6.64. The first kappa shape index (κ1) is 20.4. The van der Waals surface area contributed by atoms with Crippen molar-refractivity contribution in [3.05, 3.63) is 62.9 Å². The Balaban J connectivity index is 2.19. The zero-order valence-corrected chi connectivity index (χ0v) is 15.9. The quantitative estimate of drug-likeness (QED) is 0.469. The number of aliphatic hydroxyl groups excluding tert-OH is 3. The number of hydrogen-bond acceptors (Lipinski definition) is 8. The van der Waals surface area contributed by atoms with Gasteiger partial charge in [-0.25, -0.2) is 13.2 Å². The monoisotopic (exact) mass is 412 g/mol. The van der Waals surface area contributed by atoms with E-state index in [1.807, 2.05) is 4.98 Å². The molecular formula is C17H20N2O8S. The van der Waals surface area contributed by atoms with Gasteiger partial charge in [-0.1, -0.05) is 17.7 Å². The Hall–Kier alpha value is -2.31. The topological polar surface area (TPSA) is 159 Å². The van der Waals surface area contributed by atoms with Crippen molar-refractivity contribution in [2.24, 2.45) is 0 Å². The van der Waals surface area contributed by atoms with Crippen molar-refractivity contribution in [1.82, 2.24) is 9.55 Å². The number of sulfone groups is 1. The summed E-state index contributed by atoms with van der Waals surface area (Å²) in [6.07, 6.45) is -3.00. The maximum absolute atomic E-state index is 13.2. The van der Waals surface area contributed by atoms with Gasteiger partial charge in [-0.3, -0.25) is 14.3 Å². The van der Waals surface area contributed by atoms with Crippen LogP contribution in [0.15, 0.2) is 51.0 Å². The molecule has 1 aliphatic heterocycles. The van der Waals surface area contributed by atoms with Crippen molar-refractivity contribution in [3.63, 3.8) is 0 Å². The molecule has 0 unspecified atom stereocenters. The number of aryl methyl sites for hydroxylation is 1. The second-order valence-corrected chi connectivity index (χ2v) is 8.98.